The monoisotopic (exact) mass is 424 g/mol. The van der Waals surface area contributed by atoms with Crippen LogP contribution >= 0.6 is 11.3 Å². The van der Waals surface area contributed by atoms with E-state index in [4.69, 9.17) is 4.42 Å². The van der Waals surface area contributed by atoms with Crippen molar-refractivity contribution in [1.82, 2.24) is 19.4 Å². The molecule has 2 aromatic rings. The minimum atomic E-state index is -3.55. The number of nitrogens with zero attached hydrogens (tertiary/aromatic N) is 4. The van der Waals surface area contributed by atoms with Crippen molar-refractivity contribution in [3.05, 3.63) is 17.3 Å². The van der Waals surface area contributed by atoms with Gasteiger partial charge in [-0.1, -0.05) is 13.3 Å². The summed E-state index contributed by atoms with van der Waals surface area (Å²) in [5.74, 6) is -0.140. The zero-order valence-electron chi connectivity index (χ0n) is 15.8. The van der Waals surface area contributed by atoms with Gasteiger partial charge in [-0.25, -0.2) is 8.42 Å². The normalized spacial score (nSPS) is 21.3. The van der Waals surface area contributed by atoms with E-state index in [1.165, 1.54) is 0 Å². The Kier molecular flexibility index (Phi) is 5.52. The van der Waals surface area contributed by atoms with E-state index >= 15 is 0 Å². The number of hydrogen-bond acceptors (Lipinski definition) is 7. The maximum atomic E-state index is 13.1. The standard InChI is InChI=1S/C18H24N4O4S2/c1-2-14-7-3-4-10-22(14)28(24,25)15-11-13(12-27-15)16-19-20-17(26-16)18(23)21-8-5-6-9-21/h11-12,14H,2-10H2,1H3. The van der Waals surface area contributed by atoms with Crippen LogP contribution in [0, 0.1) is 0 Å². The Bertz CT molecular complexity index is 946. The highest BCUT2D eigenvalue weighted by molar-refractivity contribution is 7.91. The van der Waals surface area contributed by atoms with Gasteiger partial charge in [-0.2, -0.15) is 4.31 Å². The topological polar surface area (TPSA) is 96.6 Å². The SMILES string of the molecule is CCC1CCCCN1S(=O)(=O)c1cc(-c2nnc(C(=O)N3CCCC3)o2)cs1. The molecule has 10 heteroatoms. The number of rotatable bonds is 5. The first kappa shape index (κ1) is 19.5. The van der Waals surface area contributed by atoms with Crippen LogP contribution in [0.4, 0.5) is 0 Å². The lowest BCUT2D eigenvalue weighted by molar-refractivity contribution is 0.0754. The molecule has 0 bridgehead atoms. The highest BCUT2D eigenvalue weighted by Crippen LogP contribution is 2.33. The van der Waals surface area contributed by atoms with Crippen LogP contribution in [0.3, 0.4) is 0 Å². The molecular weight excluding hydrogens is 400 g/mol. The summed E-state index contributed by atoms with van der Waals surface area (Å²) < 4.78 is 33.6. The van der Waals surface area contributed by atoms with Crippen molar-refractivity contribution in [2.75, 3.05) is 19.6 Å². The molecule has 1 amide bonds. The fourth-order valence-electron chi connectivity index (χ4n) is 3.86. The molecule has 0 aliphatic carbocycles. The van der Waals surface area contributed by atoms with Crippen molar-refractivity contribution in [2.24, 2.45) is 0 Å². The number of thiophene rings is 1. The van der Waals surface area contributed by atoms with E-state index in [-0.39, 0.29) is 27.9 Å². The molecule has 2 saturated heterocycles. The summed E-state index contributed by atoms with van der Waals surface area (Å²) in [6.07, 6.45) is 5.62. The van der Waals surface area contributed by atoms with Gasteiger partial charge in [0.25, 0.3) is 10.0 Å². The Morgan fingerprint density at radius 1 is 1.21 bits per heavy atom. The summed E-state index contributed by atoms with van der Waals surface area (Å²) in [4.78, 5) is 14.1. The smallest absolute Gasteiger partial charge is 0.311 e. The molecule has 0 N–H and O–H groups in total. The average molecular weight is 425 g/mol. The predicted octanol–water partition coefficient (Wildman–Crippen LogP) is 2.99. The maximum Gasteiger partial charge on any atom is 0.311 e. The van der Waals surface area contributed by atoms with Crippen LogP contribution in [0.5, 0.6) is 0 Å². The zero-order valence-corrected chi connectivity index (χ0v) is 17.5. The Morgan fingerprint density at radius 2 is 1.96 bits per heavy atom. The number of likely N-dealkylation sites (tertiary alicyclic amines) is 1. The fourth-order valence-corrected chi connectivity index (χ4v) is 6.91. The molecule has 1 atom stereocenters. The number of sulfonamides is 1. The number of hydrogen-bond donors (Lipinski definition) is 0. The Balaban J connectivity index is 1.55. The van der Waals surface area contributed by atoms with E-state index in [0.29, 0.717) is 25.2 Å². The summed E-state index contributed by atoms with van der Waals surface area (Å²) in [6, 6.07) is 1.62. The number of aromatic nitrogens is 2. The predicted molar refractivity (Wildman–Crippen MR) is 105 cm³/mol. The molecule has 152 valence electrons. The molecule has 2 aliphatic heterocycles. The van der Waals surface area contributed by atoms with Gasteiger partial charge in [0.15, 0.2) is 0 Å². The van der Waals surface area contributed by atoms with Crippen molar-refractivity contribution < 1.29 is 17.6 Å². The van der Waals surface area contributed by atoms with Gasteiger partial charge in [0, 0.05) is 31.1 Å². The van der Waals surface area contributed by atoms with Crippen LogP contribution < -0.4 is 0 Å². The lowest BCUT2D eigenvalue weighted by Gasteiger charge is -2.33. The van der Waals surface area contributed by atoms with Gasteiger partial charge in [0.2, 0.25) is 5.89 Å². The second-order valence-electron chi connectivity index (χ2n) is 7.24. The van der Waals surface area contributed by atoms with E-state index in [2.05, 4.69) is 10.2 Å². The maximum absolute atomic E-state index is 13.1. The summed E-state index contributed by atoms with van der Waals surface area (Å²) in [5.41, 5.74) is 0.529. The first-order chi connectivity index (χ1) is 13.5. The number of carbonyl (C=O) groups excluding carboxylic acids is 1. The lowest BCUT2D eigenvalue weighted by Crippen LogP contribution is -2.42. The molecule has 0 aromatic carbocycles. The highest BCUT2D eigenvalue weighted by atomic mass is 32.2. The van der Waals surface area contributed by atoms with E-state index in [9.17, 15) is 13.2 Å². The molecule has 1 unspecified atom stereocenters. The second kappa shape index (κ2) is 7.92. The van der Waals surface area contributed by atoms with Gasteiger partial charge < -0.3 is 9.32 Å². The van der Waals surface area contributed by atoms with Crippen molar-refractivity contribution in [3.8, 4) is 11.5 Å². The molecule has 2 fully saturated rings. The molecule has 8 nitrogen and oxygen atoms in total. The van der Waals surface area contributed by atoms with Gasteiger partial charge in [0.05, 0.1) is 5.56 Å². The molecule has 2 aromatic heterocycles. The third-order valence-electron chi connectivity index (χ3n) is 5.43. The lowest BCUT2D eigenvalue weighted by atomic mass is 10.0. The average Bonchev–Trinajstić information content (AvgIpc) is 3.48. The Labute approximate surface area is 168 Å². The van der Waals surface area contributed by atoms with E-state index in [1.54, 1.807) is 20.7 Å². The minimum absolute atomic E-state index is 0.0467. The van der Waals surface area contributed by atoms with Crippen LogP contribution in [0.25, 0.3) is 11.5 Å². The summed E-state index contributed by atoms with van der Waals surface area (Å²) in [7, 11) is -3.55. The molecule has 28 heavy (non-hydrogen) atoms. The van der Waals surface area contributed by atoms with E-state index < -0.39 is 10.0 Å². The minimum Gasteiger partial charge on any atom is -0.412 e. The molecular formula is C18H24N4O4S2. The second-order valence-corrected chi connectivity index (χ2v) is 10.3. The molecule has 0 saturated carbocycles. The first-order valence-corrected chi connectivity index (χ1v) is 12.1. The van der Waals surface area contributed by atoms with Crippen LogP contribution in [-0.4, -0.2) is 59.4 Å². The van der Waals surface area contributed by atoms with Gasteiger partial charge in [-0.15, -0.1) is 21.5 Å². The number of carbonyl (C=O) groups is 1. The molecule has 4 rings (SSSR count). The van der Waals surface area contributed by atoms with E-state index in [0.717, 1.165) is 49.9 Å². The summed E-state index contributed by atoms with van der Waals surface area (Å²) in [5, 5.41) is 9.50. The van der Waals surface area contributed by atoms with Crippen LogP contribution in [0.2, 0.25) is 0 Å². The fraction of sp³-hybridized carbons (Fsp3) is 0.611. The summed E-state index contributed by atoms with van der Waals surface area (Å²) in [6.45, 7) is 3.98. The third kappa shape index (κ3) is 3.60. The zero-order chi connectivity index (χ0) is 19.7. The van der Waals surface area contributed by atoms with Crippen LogP contribution in [0.15, 0.2) is 20.1 Å². The number of piperidine rings is 1. The van der Waals surface area contributed by atoms with Crippen LogP contribution in [0.1, 0.15) is 56.1 Å². The Morgan fingerprint density at radius 3 is 2.71 bits per heavy atom. The van der Waals surface area contributed by atoms with Crippen molar-refractivity contribution in [1.29, 1.82) is 0 Å². The van der Waals surface area contributed by atoms with Crippen molar-refractivity contribution in [3.63, 3.8) is 0 Å². The van der Waals surface area contributed by atoms with E-state index in [1.807, 2.05) is 6.92 Å². The molecule has 0 spiro atoms. The Hall–Kier alpha value is -1.78. The van der Waals surface area contributed by atoms with Gasteiger partial charge in [-0.05, 0) is 38.2 Å². The van der Waals surface area contributed by atoms with Gasteiger partial charge >= 0.3 is 11.8 Å². The van der Waals surface area contributed by atoms with Crippen molar-refractivity contribution in [2.45, 2.75) is 55.7 Å². The highest BCUT2D eigenvalue weighted by Gasteiger charge is 2.34. The van der Waals surface area contributed by atoms with Gasteiger partial charge in [0.1, 0.15) is 4.21 Å². The molecule has 2 aliphatic rings. The third-order valence-corrected chi connectivity index (χ3v) is 8.80. The van der Waals surface area contributed by atoms with Crippen LogP contribution in [-0.2, 0) is 10.0 Å². The quantitative estimate of drug-likeness (QED) is 0.732. The molecule has 4 heterocycles. The number of amides is 1. The summed E-state index contributed by atoms with van der Waals surface area (Å²) >= 11 is 1.15. The first-order valence-electron chi connectivity index (χ1n) is 9.74. The van der Waals surface area contributed by atoms with Crippen molar-refractivity contribution >= 4 is 27.3 Å². The van der Waals surface area contributed by atoms with Gasteiger partial charge in [-0.3, -0.25) is 4.79 Å². The molecule has 0 radical (unpaired) electrons. The largest absolute Gasteiger partial charge is 0.412 e.